The Morgan fingerprint density at radius 2 is 1.51 bits per heavy atom. The van der Waals surface area contributed by atoms with E-state index in [2.05, 4.69) is 15.5 Å². The Hall–Kier alpha value is -2.01. The first-order chi connectivity index (χ1) is 17.3. The molecule has 1 heterocycles. The molecule has 2 aromatic carbocycles. The van der Waals surface area contributed by atoms with Crippen LogP contribution >= 0.6 is 23.2 Å². The van der Waals surface area contributed by atoms with Crippen LogP contribution in [0.4, 0.5) is 26.3 Å². The van der Waals surface area contributed by atoms with Crippen LogP contribution in [0.1, 0.15) is 47.4 Å². The Labute approximate surface area is 221 Å². The van der Waals surface area contributed by atoms with Gasteiger partial charge in [0.25, 0.3) is 0 Å². The third-order valence-corrected chi connectivity index (χ3v) is 6.93. The number of hydrogen-bond donors (Lipinski definition) is 2. The number of alkyl halides is 6. The second kappa shape index (κ2) is 12.7. The van der Waals surface area contributed by atoms with E-state index in [0.29, 0.717) is 30.7 Å². The Bertz CT molecular complexity index is 1040. The molecule has 0 spiro atoms. The molecule has 204 valence electrons. The van der Waals surface area contributed by atoms with Crippen molar-refractivity contribution in [2.45, 2.75) is 44.1 Å². The maximum Gasteiger partial charge on any atom is 0.416 e. The highest BCUT2D eigenvalue weighted by Crippen LogP contribution is 2.36. The van der Waals surface area contributed by atoms with Crippen molar-refractivity contribution in [1.82, 2.24) is 15.5 Å². The molecule has 1 fully saturated rings. The van der Waals surface area contributed by atoms with Crippen molar-refractivity contribution in [2.75, 3.05) is 32.7 Å². The fraction of sp³-hybridized carbons (Fsp3) is 0.480. The maximum absolute atomic E-state index is 13.2. The molecule has 0 radical (unpaired) electrons. The number of amides is 1. The lowest BCUT2D eigenvalue weighted by Crippen LogP contribution is -2.33. The van der Waals surface area contributed by atoms with Crippen LogP contribution in [0.15, 0.2) is 36.4 Å². The minimum Gasteiger partial charge on any atom is -0.351 e. The molecule has 37 heavy (non-hydrogen) atoms. The van der Waals surface area contributed by atoms with E-state index in [1.807, 2.05) is 0 Å². The van der Waals surface area contributed by atoms with Gasteiger partial charge < -0.3 is 15.5 Å². The molecule has 1 aliphatic heterocycles. The van der Waals surface area contributed by atoms with Gasteiger partial charge in [0.15, 0.2) is 0 Å². The minimum atomic E-state index is -4.97. The predicted molar refractivity (Wildman–Crippen MR) is 131 cm³/mol. The molecule has 1 atom stereocenters. The summed E-state index contributed by atoms with van der Waals surface area (Å²) < 4.78 is 79.0. The molecular weight excluding hydrogens is 543 g/mol. The van der Waals surface area contributed by atoms with Gasteiger partial charge in [0.1, 0.15) is 0 Å². The highest BCUT2D eigenvalue weighted by molar-refractivity contribution is 6.42. The standard InChI is InChI=1S/C25H27Cl2F6N3O/c26-21-4-3-17(13-22(21)27)20(5-6-34-7-10-36-8-1-2-9-36)23(37)35-15-16-11-18(24(28,29)30)14-19(12-16)25(31,32)33/h3-4,11-14,20,34H,1-2,5-10,15H2,(H,35,37). The van der Waals surface area contributed by atoms with E-state index in [-0.39, 0.29) is 21.7 Å². The summed E-state index contributed by atoms with van der Waals surface area (Å²) in [5.74, 6) is -1.30. The van der Waals surface area contributed by atoms with Crippen LogP contribution in [0.2, 0.25) is 10.0 Å². The molecule has 0 aromatic heterocycles. The molecular formula is C25H27Cl2F6N3O. The number of carbonyl (C=O) groups excluding carboxylic acids is 1. The summed E-state index contributed by atoms with van der Waals surface area (Å²) in [7, 11) is 0. The van der Waals surface area contributed by atoms with Crippen molar-refractivity contribution < 1.29 is 31.1 Å². The van der Waals surface area contributed by atoms with Crippen LogP contribution in [-0.4, -0.2) is 43.5 Å². The summed E-state index contributed by atoms with van der Waals surface area (Å²) in [6.07, 6.45) is -7.25. The lowest BCUT2D eigenvalue weighted by molar-refractivity contribution is -0.143. The Morgan fingerprint density at radius 3 is 2.08 bits per heavy atom. The van der Waals surface area contributed by atoms with Gasteiger partial charge in [-0.2, -0.15) is 26.3 Å². The molecule has 0 saturated carbocycles. The molecule has 3 rings (SSSR count). The average molecular weight is 570 g/mol. The first kappa shape index (κ1) is 29.5. The molecule has 0 bridgehead atoms. The molecule has 1 amide bonds. The van der Waals surface area contributed by atoms with Gasteiger partial charge in [-0.3, -0.25) is 4.79 Å². The number of hydrogen-bond acceptors (Lipinski definition) is 3. The lowest BCUT2D eigenvalue weighted by atomic mass is 9.94. The summed E-state index contributed by atoms with van der Waals surface area (Å²) in [6.45, 7) is 3.67. The maximum atomic E-state index is 13.2. The number of nitrogens with one attached hydrogen (secondary N) is 2. The first-order valence-corrected chi connectivity index (χ1v) is 12.5. The summed E-state index contributed by atoms with van der Waals surface area (Å²) in [4.78, 5) is 15.4. The van der Waals surface area contributed by atoms with Gasteiger partial charge in [0, 0.05) is 19.6 Å². The zero-order chi connectivity index (χ0) is 27.2. The summed E-state index contributed by atoms with van der Waals surface area (Å²) in [5.41, 5.74) is -2.65. The van der Waals surface area contributed by atoms with Gasteiger partial charge >= 0.3 is 12.4 Å². The monoisotopic (exact) mass is 569 g/mol. The number of benzene rings is 2. The van der Waals surface area contributed by atoms with Crippen LogP contribution in [0.5, 0.6) is 0 Å². The van der Waals surface area contributed by atoms with Crippen molar-refractivity contribution in [2.24, 2.45) is 0 Å². The topological polar surface area (TPSA) is 44.4 Å². The highest BCUT2D eigenvalue weighted by Gasteiger charge is 2.37. The fourth-order valence-corrected chi connectivity index (χ4v) is 4.53. The SMILES string of the molecule is O=C(NCc1cc(C(F)(F)F)cc(C(F)(F)F)c1)C(CCNCCN1CCCC1)c1ccc(Cl)c(Cl)c1. The summed E-state index contributed by atoms with van der Waals surface area (Å²) >= 11 is 12.1. The van der Waals surface area contributed by atoms with E-state index >= 15 is 0 Å². The smallest absolute Gasteiger partial charge is 0.351 e. The molecule has 0 aliphatic carbocycles. The van der Waals surface area contributed by atoms with Crippen molar-refractivity contribution in [3.8, 4) is 0 Å². The Morgan fingerprint density at radius 1 is 0.892 bits per heavy atom. The van der Waals surface area contributed by atoms with Gasteiger partial charge in [-0.25, -0.2) is 0 Å². The van der Waals surface area contributed by atoms with E-state index in [1.165, 1.54) is 25.0 Å². The fourth-order valence-electron chi connectivity index (χ4n) is 4.23. The zero-order valence-electron chi connectivity index (χ0n) is 19.8. The number of halogens is 8. The van der Waals surface area contributed by atoms with E-state index in [9.17, 15) is 31.1 Å². The summed E-state index contributed by atoms with van der Waals surface area (Å²) in [6, 6.07) is 5.94. The normalized spacial score (nSPS) is 15.7. The molecule has 12 heteroatoms. The molecule has 2 aromatic rings. The van der Waals surface area contributed by atoms with Gasteiger partial charge in [-0.15, -0.1) is 0 Å². The van der Waals surface area contributed by atoms with Crippen LogP contribution < -0.4 is 10.6 Å². The van der Waals surface area contributed by atoms with Crippen LogP contribution in [-0.2, 0) is 23.7 Å². The molecule has 4 nitrogen and oxygen atoms in total. The third-order valence-electron chi connectivity index (χ3n) is 6.19. The summed E-state index contributed by atoms with van der Waals surface area (Å²) in [5, 5.41) is 6.29. The molecule has 2 N–H and O–H groups in total. The van der Waals surface area contributed by atoms with Gasteiger partial charge in [-0.1, -0.05) is 29.3 Å². The quantitative estimate of drug-likeness (QED) is 0.253. The second-order valence-corrected chi connectivity index (χ2v) is 9.76. The van der Waals surface area contributed by atoms with Crippen molar-refractivity contribution in [1.29, 1.82) is 0 Å². The van der Waals surface area contributed by atoms with E-state index < -0.39 is 41.8 Å². The number of likely N-dealkylation sites (tertiary alicyclic amines) is 1. The number of nitrogens with zero attached hydrogens (tertiary/aromatic N) is 1. The minimum absolute atomic E-state index is 0.0532. The van der Waals surface area contributed by atoms with Crippen molar-refractivity contribution >= 4 is 29.1 Å². The molecule has 1 aliphatic rings. The number of carbonyl (C=O) groups is 1. The highest BCUT2D eigenvalue weighted by atomic mass is 35.5. The zero-order valence-corrected chi connectivity index (χ0v) is 21.3. The first-order valence-electron chi connectivity index (χ1n) is 11.8. The van der Waals surface area contributed by atoms with Gasteiger partial charge in [-0.05, 0) is 80.4 Å². The van der Waals surface area contributed by atoms with Crippen LogP contribution in [0.3, 0.4) is 0 Å². The van der Waals surface area contributed by atoms with Crippen LogP contribution in [0, 0.1) is 0 Å². The van der Waals surface area contributed by atoms with Gasteiger partial charge in [0.2, 0.25) is 5.91 Å². The molecule has 1 saturated heterocycles. The Kier molecular flexibility index (Phi) is 10.1. The molecule has 1 unspecified atom stereocenters. The number of rotatable bonds is 10. The predicted octanol–water partition coefficient (Wildman–Crippen LogP) is 6.51. The largest absolute Gasteiger partial charge is 0.416 e. The van der Waals surface area contributed by atoms with E-state index in [0.717, 1.165) is 26.2 Å². The lowest BCUT2D eigenvalue weighted by Gasteiger charge is -2.20. The average Bonchev–Trinajstić information content (AvgIpc) is 3.34. The third kappa shape index (κ3) is 8.77. The van der Waals surface area contributed by atoms with Crippen molar-refractivity contribution in [3.63, 3.8) is 0 Å². The van der Waals surface area contributed by atoms with Gasteiger partial charge in [0.05, 0.1) is 27.1 Å². The Balaban J connectivity index is 1.70. The van der Waals surface area contributed by atoms with E-state index in [1.54, 1.807) is 6.07 Å². The van der Waals surface area contributed by atoms with Crippen molar-refractivity contribution in [3.05, 3.63) is 68.7 Å². The second-order valence-electron chi connectivity index (χ2n) is 8.95. The van der Waals surface area contributed by atoms with E-state index in [4.69, 9.17) is 23.2 Å². The van der Waals surface area contributed by atoms with Crippen LogP contribution in [0.25, 0.3) is 0 Å².